The van der Waals surface area contributed by atoms with Crippen molar-refractivity contribution < 1.29 is 9.90 Å². The van der Waals surface area contributed by atoms with E-state index >= 15 is 0 Å². The Bertz CT molecular complexity index is 406. The van der Waals surface area contributed by atoms with Crippen LogP contribution in [0.2, 0.25) is 0 Å². The number of hydrogen-bond donors (Lipinski definition) is 3. The van der Waals surface area contributed by atoms with Gasteiger partial charge in [-0.25, -0.2) is 4.79 Å². The number of nitrogens with zero attached hydrogens (tertiary/aromatic N) is 2. The van der Waals surface area contributed by atoms with Crippen LogP contribution in [-0.4, -0.2) is 32.5 Å². The second kappa shape index (κ2) is 2.79. The Morgan fingerprint density at radius 1 is 1.40 bits per heavy atom. The van der Waals surface area contributed by atoms with Gasteiger partial charge in [-0.2, -0.15) is 10.3 Å². The molecule has 2 aliphatic heterocycles. The summed E-state index contributed by atoms with van der Waals surface area (Å²) in [6.07, 6.45) is 4.13. The van der Waals surface area contributed by atoms with Gasteiger partial charge in [-0.1, -0.05) is 0 Å². The monoisotopic (exact) mass is 208 g/mol. The SMILES string of the molecule is O=C(O)c1n[nH]nc1C12CCC(CC1)N2. The fraction of sp³-hybridized carbons (Fsp3) is 0.667. The standard InChI is InChI=1S/C9H12N4O2/c14-8(15)6-7(12-13-11-6)9-3-1-5(10-9)2-4-9/h5,10H,1-4H2,(H,14,15)(H,11,12,13). The molecule has 0 aromatic carbocycles. The average Bonchev–Trinajstić information content (AvgIpc) is 2.93. The maximum Gasteiger partial charge on any atom is 0.358 e. The second-order valence-corrected chi connectivity index (χ2v) is 4.33. The zero-order valence-electron chi connectivity index (χ0n) is 8.16. The van der Waals surface area contributed by atoms with Gasteiger partial charge < -0.3 is 10.4 Å². The van der Waals surface area contributed by atoms with Gasteiger partial charge in [0.15, 0.2) is 5.69 Å². The summed E-state index contributed by atoms with van der Waals surface area (Å²) < 4.78 is 0. The Hall–Kier alpha value is -1.43. The first-order valence-corrected chi connectivity index (χ1v) is 5.13. The first-order chi connectivity index (χ1) is 7.21. The zero-order valence-corrected chi connectivity index (χ0v) is 8.16. The third-order valence-corrected chi connectivity index (χ3v) is 3.52. The molecule has 80 valence electrons. The van der Waals surface area contributed by atoms with E-state index in [1.165, 1.54) is 0 Å². The number of aromatic nitrogens is 3. The molecule has 2 fully saturated rings. The number of fused-ring (bicyclic) bond motifs is 2. The van der Waals surface area contributed by atoms with E-state index in [0.717, 1.165) is 25.7 Å². The third-order valence-electron chi connectivity index (χ3n) is 3.52. The average molecular weight is 208 g/mol. The minimum atomic E-state index is -1.01. The van der Waals surface area contributed by atoms with Crippen LogP contribution in [0.1, 0.15) is 41.9 Å². The fourth-order valence-corrected chi connectivity index (χ4v) is 2.81. The number of nitrogens with one attached hydrogen (secondary N) is 2. The molecular formula is C9H12N4O2. The quantitative estimate of drug-likeness (QED) is 0.647. The Balaban J connectivity index is 2.05. The molecule has 2 bridgehead atoms. The highest BCUT2D eigenvalue weighted by Crippen LogP contribution is 2.44. The van der Waals surface area contributed by atoms with Crippen molar-refractivity contribution in [1.82, 2.24) is 20.7 Å². The van der Waals surface area contributed by atoms with Gasteiger partial charge in [-0.05, 0) is 25.7 Å². The molecule has 6 nitrogen and oxygen atoms in total. The maximum absolute atomic E-state index is 11.0. The molecule has 3 heterocycles. The van der Waals surface area contributed by atoms with Crippen molar-refractivity contribution in [1.29, 1.82) is 0 Å². The summed E-state index contributed by atoms with van der Waals surface area (Å²) in [5, 5.41) is 22.6. The predicted octanol–water partition coefficient (Wildman–Crippen LogP) is 0.244. The van der Waals surface area contributed by atoms with Crippen LogP contribution in [0.5, 0.6) is 0 Å². The van der Waals surface area contributed by atoms with Gasteiger partial charge in [0.2, 0.25) is 0 Å². The van der Waals surface area contributed by atoms with Crippen molar-refractivity contribution in [2.45, 2.75) is 37.3 Å². The summed E-state index contributed by atoms with van der Waals surface area (Å²) in [5.41, 5.74) is 0.408. The fourth-order valence-electron chi connectivity index (χ4n) is 2.81. The molecule has 2 saturated heterocycles. The highest BCUT2D eigenvalue weighted by Gasteiger charge is 2.49. The minimum Gasteiger partial charge on any atom is -0.476 e. The van der Waals surface area contributed by atoms with Gasteiger partial charge in [0, 0.05) is 6.04 Å². The first-order valence-electron chi connectivity index (χ1n) is 5.13. The molecule has 3 rings (SSSR count). The summed E-state index contributed by atoms with van der Waals surface area (Å²) >= 11 is 0. The summed E-state index contributed by atoms with van der Waals surface area (Å²) in [4.78, 5) is 11.0. The van der Waals surface area contributed by atoms with Gasteiger partial charge in [-0.3, -0.25) is 0 Å². The molecule has 0 atom stereocenters. The van der Waals surface area contributed by atoms with Crippen LogP contribution in [0, 0.1) is 0 Å². The van der Waals surface area contributed by atoms with Gasteiger partial charge >= 0.3 is 5.97 Å². The van der Waals surface area contributed by atoms with Crippen LogP contribution in [0.3, 0.4) is 0 Å². The van der Waals surface area contributed by atoms with E-state index in [1.54, 1.807) is 0 Å². The summed E-state index contributed by atoms with van der Waals surface area (Å²) in [6, 6.07) is 0.531. The topological polar surface area (TPSA) is 90.9 Å². The zero-order chi connectivity index (χ0) is 10.5. The van der Waals surface area contributed by atoms with Crippen LogP contribution in [0.25, 0.3) is 0 Å². The van der Waals surface area contributed by atoms with Gasteiger partial charge in [0.1, 0.15) is 5.69 Å². The third kappa shape index (κ3) is 1.11. The molecule has 1 aromatic heterocycles. The van der Waals surface area contributed by atoms with Crippen LogP contribution >= 0.6 is 0 Å². The predicted molar refractivity (Wildman–Crippen MR) is 50.4 cm³/mol. The minimum absolute atomic E-state index is 0.0602. The van der Waals surface area contributed by atoms with E-state index in [-0.39, 0.29) is 11.2 Å². The number of H-pyrrole nitrogens is 1. The molecular weight excluding hydrogens is 196 g/mol. The van der Waals surface area contributed by atoms with E-state index in [1.807, 2.05) is 0 Å². The van der Waals surface area contributed by atoms with Gasteiger partial charge in [0.25, 0.3) is 0 Å². The summed E-state index contributed by atoms with van der Waals surface area (Å²) in [6.45, 7) is 0. The normalized spacial score (nSPS) is 33.5. The van der Waals surface area contributed by atoms with Crippen molar-refractivity contribution in [2.75, 3.05) is 0 Å². The highest BCUT2D eigenvalue weighted by atomic mass is 16.4. The Morgan fingerprint density at radius 3 is 2.67 bits per heavy atom. The van der Waals surface area contributed by atoms with Gasteiger partial charge in [0.05, 0.1) is 5.54 Å². The lowest BCUT2D eigenvalue weighted by molar-refractivity contribution is 0.0686. The highest BCUT2D eigenvalue weighted by molar-refractivity contribution is 5.86. The molecule has 0 spiro atoms. The second-order valence-electron chi connectivity index (χ2n) is 4.33. The number of rotatable bonds is 2. The van der Waals surface area contributed by atoms with E-state index in [4.69, 9.17) is 5.11 Å². The maximum atomic E-state index is 11.0. The molecule has 1 aromatic rings. The lowest BCUT2D eigenvalue weighted by Crippen LogP contribution is -2.35. The van der Waals surface area contributed by atoms with Crippen LogP contribution in [0.15, 0.2) is 0 Å². The number of carboxylic acid groups (broad SMARTS) is 1. The van der Waals surface area contributed by atoms with Crippen molar-refractivity contribution in [3.05, 3.63) is 11.4 Å². The van der Waals surface area contributed by atoms with Crippen LogP contribution in [-0.2, 0) is 5.54 Å². The smallest absolute Gasteiger partial charge is 0.358 e. The molecule has 2 aliphatic rings. The van der Waals surface area contributed by atoms with E-state index < -0.39 is 5.97 Å². The number of hydrogen-bond acceptors (Lipinski definition) is 4. The van der Waals surface area contributed by atoms with E-state index in [0.29, 0.717) is 11.7 Å². The molecule has 0 amide bonds. The Morgan fingerprint density at radius 2 is 2.13 bits per heavy atom. The number of carboxylic acids is 1. The van der Waals surface area contributed by atoms with Gasteiger partial charge in [-0.15, -0.1) is 5.10 Å². The van der Waals surface area contributed by atoms with Crippen molar-refractivity contribution in [3.8, 4) is 0 Å². The number of carbonyl (C=O) groups is 1. The largest absolute Gasteiger partial charge is 0.476 e. The van der Waals surface area contributed by atoms with E-state index in [9.17, 15) is 4.79 Å². The van der Waals surface area contributed by atoms with E-state index in [2.05, 4.69) is 20.7 Å². The lowest BCUT2D eigenvalue weighted by Gasteiger charge is -2.23. The molecule has 0 saturated carbocycles. The molecule has 15 heavy (non-hydrogen) atoms. The number of aromatic amines is 1. The van der Waals surface area contributed by atoms with Crippen molar-refractivity contribution >= 4 is 5.97 Å². The van der Waals surface area contributed by atoms with Crippen LogP contribution < -0.4 is 5.32 Å². The number of aromatic carboxylic acids is 1. The lowest BCUT2D eigenvalue weighted by atomic mass is 9.84. The molecule has 3 N–H and O–H groups in total. The first kappa shape index (κ1) is 8.84. The van der Waals surface area contributed by atoms with Crippen molar-refractivity contribution in [2.24, 2.45) is 0 Å². The molecule has 0 aliphatic carbocycles. The molecule has 0 radical (unpaired) electrons. The molecule has 6 heteroatoms. The summed E-state index contributed by atoms with van der Waals surface area (Å²) in [7, 11) is 0. The Labute approximate surface area is 86.1 Å². The molecule has 0 unspecified atom stereocenters. The summed E-state index contributed by atoms with van der Waals surface area (Å²) in [5.74, 6) is -1.01. The van der Waals surface area contributed by atoms with Crippen molar-refractivity contribution in [3.63, 3.8) is 0 Å². The Kier molecular flexibility index (Phi) is 1.64. The van der Waals surface area contributed by atoms with Crippen LogP contribution in [0.4, 0.5) is 0 Å².